The Morgan fingerprint density at radius 2 is 1.41 bits per heavy atom. The second kappa shape index (κ2) is 7.24. The summed E-state index contributed by atoms with van der Waals surface area (Å²) in [5.74, 6) is 0.0312. The normalized spacial score (nSPS) is 12.1. The van der Waals surface area contributed by atoms with Crippen LogP contribution >= 0.6 is 0 Å². The van der Waals surface area contributed by atoms with Gasteiger partial charge >= 0.3 is 0 Å². The van der Waals surface area contributed by atoms with E-state index in [9.17, 15) is 14.4 Å². The van der Waals surface area contributed by atoms with Gasteiger partial charge in [-0.15, -0.1) is 0 Å². The molecule has 0 atom stereocenters. The van der Waals surface area contributed by atoms with E-state index < -0.39 is 5.91 Å². The molecule has 0 radical (unpaired) electrons. The van der Waals surface area contributed by atoms with Crippen molar-refractivity contribution in [1.82, 2.24) is 0 Å². The molecule has 29 heavy (non-hydrogen) atoms. The molecule has 0 spiro atoms. The van der Waals surface area contributed by atoms with Crippen LogP contribution in [0.2, 0.25) is 0 Å². The molecule has 1 aliphatic carbocycles. The molecule has 6 heteroatoms. The van der Waals surface area contributed by atoms with E-state index in [0.29, 0.717) is 33.9 Å². The summed E-state index contributed by atoms with van der Waals surface area (Å²) in [5, 5.41) is 2.76. The first-order valence-electron chi connectivity index (χ1n) is 8.89. The van der Waals surface area contributed by atoms with Crippen LogP contribution in [0.1, 0.15) is 42.2 Å². The van der Waals surface area contributed by atoms with E-state index in [2.05, 4.69) is 5.32 Å². The van der Waals surface area contributed by atoms with Crippen molar-refractivity contribution in [2.45, 2.75) is 0 Å². The average molecular weight is 387 g/mol. The zero-order chi connectivity index (χ0) is 20.5. The van der Waals surface area contributed by atoms with Gasteiger partial charge in [-0.05, 0) is 36.4 Å². The van der Waals surface area contributed by atoms with Gasteiger partial charge in [-0.2, -0.15) is 0 Å². The Morgan fingerprint density at radius 1 is 0.759 bits per heavy atom. The molecule has 1 N–H and O–H groups in total. The average Bonchev–Trinajstić information content (AvgIpc) is 2.76. The van der Waals surface area contributed by atoms with Crippen molar-refractivity contribution in [3.8, 4) is 11.5 Å². The summed E-state index contributed by atoms with van der Waals surface area (Å²) >= 11 is 0. The van der Waals surface area contributed by atoms with Gasteiger partial charge in [0.2, 0.25) is 0 Å². The first kappa shape index (κ1) is 18.4. The molecule has 0 saturated heterocycles. The number of hydrogen-bond donors (Lipinski definition) is 1. The lowest BCUT2D eigenvalue weighted by Gasteiger charge is -2.18. The maximum atomic E-state index is 12.8. The van der Waals surface area contributed by atoms with Gasteiger partial charge in [0.15, 0.2) is 11.6 Å². The van der Waals surface area contributed by atoms with Gasteiger partial charge in [0.25, 0.3) is 5.91 Å². The van der Waals surface area contributed by atoms with E-state index in [-0.39, 0.29) is 22.7 Å². The van der Waals surface area contributed by atoms with E-state index in [4.69, 9.17) is 9.47 Å². The third-order valence-corrected chi connectivity index (χ3v) is 4.83. The topological polar surface area (TPSA) is 81.7 Å². The summed E-state index contributed by atoms with van der Waals surface area (Å²) in [6.07, 6.45) is 0. The predicted molar refractivity (Wildman–Crippen MR) is 107 cm³/mol. The van der Waals surface area contributed by atoms with Crippen molar-refractivity contribution in [3.05, 3.63) is 88.5 Å². The van der Waals surface area contributed by atoms with Gasteiger partial charge < -0.3 is 14.8 Å². The van der Waals surface area contributed by atoms with Crippen molar-refractivity contribution < 1.29 is 23.9 Å². The van der Waals surface area contributed by atoms with Crippen LogP contribution in [0, 0.1) is 0 Å². The van der Waals surface area contributed by atoms with Crippen LogP contribution in [0.4, 0.5) is 5.69 Å². The van der Waals surface area contributed by atoms with E-state index in [1.165, 1.54) is 20.3 Å². The SMILES string of the molecule is COc1ccc(OC)c(C(=O)Nc2ccc3c(c2)C(=O)c2ccccc2C3=O)c1. The zero-order valence-corrected chi connectivity index (χ0v) is 15.8. The third kappa shape index (κ3) is 3.14. The number of methoxy groups -OCH3 is 2. The molecule has 3 aromatic carbocycles. The number of anilines is 1. The Bertz CT molecular complexity index is 1170. The van der Waals surface area contributed by atoms with Gasteiger partial charge in [0, 0.05) is 27.9 Å². The van der Waals surface area contributed by atoms with Gasteiger partial charge in [-0.3, -0.25) is 14.4 Å². The summed E-state index contributed by atoms with van der Waals surface area (Å²) in [7, 11) is 2.98. The summed E-state index contributed by atoms with van der Waals surface area (Å²) in [6.45, 7) is 0. The summed E-state index contributed by atoms with van der Waals surface area (Å²) < 4.78 is 10.4. The summed E-state index contributed by atoms with van der Waals surface area (Å²) in [6, 6.07) is 16.3. The van der Waals surface area contributed by atoms with E-state index in [0.717, 1.165) is 0 Å². The predicted octanol–water partition coefficient (Wildman–Crippen LogP) is 3.73. The van der Waals surface area contributed by atoms with Crippen LogP contribution in [-0.2, 0) is 0 Å². The van der Waals surface area contributed by atoms with Crippen LogP contribution < -0.4 is 14.8 Å². The first-order chi connectivity index (χ1) is 14.0. The fourth-order valence-corrected chi connectivity index (χ4v) is 3.37. The van der Waals surface area contributed by atoms with Crippen molar-refractivity contribution in [2.24, 2.45) is 0 Å². The largest absolute Gasteiger partial charge is 0.497 e. The van der Waals surface area contributed by atoms with Gasteiger partial charge in [-0.25, -0.2) is 0 Å². The second-order valence-corrected chi connectivity index (χ2v) is 6.48. The van der Waals surface area contributed by atoms with Crippen LogP contribution in [0.25, 0.3) is 0 Å². The number of nitrogens with one attached hydrogen (secondary N) is 1. The molecule has 1 aliphatic rings. The molecule has 1 amide bonds. The maximum Gasteiger partial charge on any atom is 0.259 e. The highest BCUT2D eigenvalue weighted by atomic mass is 16.5. The number of benzene rings is 3. The summed E-state index contributed by atoms with van der Waals surface area (Å²) in [4.78, 5) is 38.3. The highest BCUT2D eigenvalue weighted by Gasteiger charge is 2.29. The number of ether oxygens (including phenoxy) is 2. The molecule has 0 aliphatic heterocycles. The third-order valence-electron chi connectivity index (χ3n) is 4.83. The highest BCUT2D eigenvalue weighted by Crippen LogP contribution is 2.30. The molecule has 0 aromatic heterocycles. The molecule has 0 bridgehead atoms. The Hall–Kier alpha value is -3.93. The molecule has 144 valence electrons. The number of rotatable bonds is 4. The second-order valence-electron chi connectivity index (χ2n) is 6.48. The van der Waals surface area contributed by atoms with Gasteiger partial charge in [-0.1, -0.05) is 24.3 Å². The molecule has 0 saturated carbocycles. The van der Waals surface area contributed by atoms with Crippen molar-refractivity contribution in [3.63, 3.8) is 0 Å². The molecule has 0 unspecified atom stereocenters. The fourth-order valence-electron chi connectivity index (χ4n) is 3.37. The van der Waals surface area contributed by atoms with Crippen molar-refractivity contribution >= 4 is 23.2 Å². The van der Waals surface area contributed by atoms with Gasteiger partial charge in [0.05, 0.1) is 19.8 Å². The minimum absolute atomic E-state index is 0.206. The minimum atomic E-state index is -0.421. The Morgan fingerprint density at radius 3 is 2.07 bits per heavy atom. The van der Waals surface area contributed by atoms with Crippen molar-refractivity contribution in [2.75, 3.05) is 19.5 Å². The minimum Gasteiger partial charge on any atom is -0.497 e. The fraction of sp³-hybridized carbons (Fsp3) is 0.0870. The molecule has 4 rings (SSSR count). The quantitative estimate of drug-likeness (QED) is 0.577. The number of carbonyl (C=O) groups excluding carboxylic acids is 3. The Balaban J connectivity index is 1.68. The van der Waals surface area contributed by atoms with E-state index >= 15 is 0 Å². The molecule has 3 aromatic rings. The number of hydrogen-bond acceptors (Lipinski definition) is 5. The first-order valence-corrected chi connectivity index (χ1v) is 8.89. The highest BCUT2D eigenvalue weighted by molar-refractivity contribution is 6.28. The molecular formula is C23H17NO5. The van der Waals surface area contributed by atoms with E-state index in [1.54, 1.807) is 54.6 Å². The zero-order valence-electron chi connectivity index (χ0n) is 15.8. The Labute approximate surface area is 167 Å². The Kier molecular flexibility index (Phi) is 4.60. The smallest absolute Gasteiger partial charge is 0.259 e. The van der Waals surface area contributed by atoms with Crippen LogP contribution in [-0.4, -0.2) is 31.7 Å². The molecule has 0 fully saturated rings. The van der Waals surface area contributed by atoms with Crippen LogP contribution in [0.3, 0.4) is 0 Å². The lowest BCUT2D eigenvalue weighted by Crippen LogP contribution is -2.21. The molecule has 6 nitrogen and oxygen atoms in total. The summed E-state index contributed by atoms with van der Waals surface area (Å²) in [5.41, 5.74) is 2.04. The van der Waals surface area contributed by atoms with Gasteiger partial charge in [0.1, 0.15) is 11.5 Å². The number of ketones is 2. The number of fused-ring (bicyclic) bond motifs is 2. The van der Waals surface area contributed by atoms with Crippen molar-refractivity contribution in [1.29, 1.82) is 0 Å². The van der Waals surface area contributed by atoms with E-state index in [1.807, 2.05) is 0 Å². The monoisotopic (exact) mass is 387 g/mol. The maximum absolute atomic E-state index is 12.8. The number of amides is 1. The lowest BCUT2D eigenvalue weighted by molar-refractivity contribution is 0.0979. The molecular weight excluding hydrogens is 370 g/mol. The lowest BCUT2D eigenvalue weighted by atomic mass is 9.84. The van der Waals surface area contributed by atoms with Crippen LogP contribution in [0.5, 0.6) is 11.5 Å². The molecule has 0 heterocycles. The standard InChI is InChI=1S/C23H17NO5/c1-28-14-8-10-20(29-2)19(12-14)23(27)24-13-7-9-17-18(11-13)22(26)16-6-4-3-5-15(16)21(17)25/h3-12H,1-2H3,(H,24,27). The van der Waals surface area contributed by atoms with Crippen LogP contribution in [0.15, 0.2) is 60.7 Å². The number of carbonyl (C=O) groups is 3.